The number of aromatic nitrogens is 2. The first-order valence-electron chi connectivity index (χ1n) is 6.42. The molecule has 0 spiro atoms. The van der Waals surface area contributed by atoms with Crippen LogP contribution in [0.1, 0.15) is 24.0 Å². The van der Waals surface area contributed by atoms with E-state index in [0.717, 1.165) is 56.8 Å². The third-order valence-electron chi connectivity index (χ3n) is 3.69. The molecule has 0 saturated carbocycles. The summed E-state index contributed by atoms with van der Waals surface area (Å²) in [4.78, 5) is 14.0. The van der Waals surface area contributed by atoms with E-state index in [9.17, 15) is 4.79 Å². The molecule has 0 radical (unpaired) electrons. The van der Waals surface area contributed by atoms with Crippen LogP contribution >= 0.6 is 0 Å². The van der Waals surface area contributed by atoms with Crippen LogP contribution in [0.3, 0.4) is 0 Å². The maximum atomic E-state index is 11.7. The van der Waals surface area contributed by atoms with Gasteiger partial charge in [0.1, 0.15) is 0 Å². The van der Waals surface area contributed by atoms with E-state index in [0.29, 0.717) is 0 Å². The van der Waals surface area contributed by atoms with Crippen molar-refractivity contribution in [2.75, 3.05) is 31.1 Å². The van der Waals surface area contributed by atoms with Gasteiger partial charge in [-0.3, -0.25) is 4.79 Å². The maximum absolute atomic E-state index is 11.7. The summed E-state index contributed by atoms with van der Waals surface area (Å²) < 4.78 is 0. The molecule has 5 heteroatoms. The maximum Gasteiger partial charge on any atom is 0.267 e. The number of hydrogen-bond acceptors (Lipinski definition) is 4. The van der Waals surface area contributed by atoms with E-state index in [4.69, 9.17) is 0 Å². The van der Waals surface area contributed by atoms with E-state index in [1.165, 1.54) is 12.0 Å². The van der Waals surface area contributed by atoms with Crippen LogP contribution in [-0.4, -0.2) is 36.4 Å². The number of rotatable bonds is 1. The molecule has 0 aromatic carbocycles. The molecular formula is C12H18N4O. The van der Waals surface area contributed by atoms with Crippen LogP contribution in [0.5, 0.6) is 0 Å². The average Bonchev–Trinajstić information content (AvgIpc) is 2.41. The predicted octanol–water partition coefficient (Wildman–Crippen LogP) is 0.0583. The predicted molar refractivity (Wildman–Crippen MR) is 66.6 cm³/mol. The second-order valence-corrected chi connectivity index (χ2v) is 4.78. The molecule has 1 fully saturated rings. The summed E-state index contributed by atoms with van der Waals surface area (Å²) in [6.45, 7) is 3.95. The van der Waals surface area contributed by atoms with E-state index in [1.54, 1.807) is 0 Å². The number of nitrogens with zero attached hydrogens (tertiary/aromatic N) is 2. The summed E-state index contributed by atoms with van der Waals surface area (Å²) in [7, 11) is 0. The molecule has 0 unspecified atom stereocenters. The minimum absolute atomic E-state index is 0.0126. The van der Waals surface area contributed by atoms with Crippen molar-refractivity contribution >= 4 is 5.82 Å². The van der Waals surface area contributed by atoms with Gasteiger partial charge in [-0.25, -0.2) is 5.10 Å². The lowest BCUT2D eigenvalue weighted by atomic mass is 9.93. The van der Waals surface area contributed by atoms with Crippen molar-refractivity contribution in [1.29, 1.82) is 0 Å². The zero-order valence-electron chi connectivity index (χ0n) is 9.96. The van der Waals surface area contributed by atoms with Gasteiger partial charge in [0.25, 0.3) is 5.56 Å². The number of aromatic amines is 1. The van der Waals surface area contributed by atoms with Gasteiger partial charge in [0.15, 0.2) is 5.82 Å². The Morgan fingerprint density at radius 3 is 2.53 bits per heavy atom. The van der Waals surface area contributed by atoms with E-state index < -0.39 is 0 Å². The Morgan fingerprint density at radius 2 is 1.76 bits per heavy atom. The third-order valence-corrected chi connectivity index (χ3v) is 3.69. The number of piperazine rings is 1. The van der Waals surface area contributed by atoms with E-state index >= 15 is 0 Å². The lowest BCUT2D eigenvalue weighted by Crippen LogP contribution is -2.45. The fourth-order valence-electron chi connectivity index (χ4n) is 2.78. The Morgan fingerprint density at radius 1 is 1.06 bits per heavy atom. The lowest BCUT2D eigenvalue weighted by Gasteiger charge is -2.31. The number of nitrogens with one attached hydrogen (secondary N) is 2. The second kappa shape index (κ2) is 4.49. The van der Waals surface area contributed by atoms with Gasteiger partial charge in [0.2, 0.25) is 0 Å². The Hall–Kier alpha value is -1.36. The van der Waals surface area contributed by atoms with Gasteiger partial charge in [0.05, 0.1) is 0 Å². The molecule has 1 aliphatic heterocycles. The molecule has 0 atom stereocenters. The topological polar surface area (TPSA) is 61.0 Å². The molecule has 17 heavy (non-hydrogen) atoms. The molecular weight excluding hydrogens is 216 g/mol. The summed E-state index contributed by atoms with van der Waals surface area (Å²) in [5, 5.41) is 10.3. The number of anilines is 1. The highest BCUT2D eigenvalue weighted by Crippen LogP contribution is 2.25. The Balaban J connectivity index is 2.01. The normalized spacial score (nSPS) is 20.1. The molecule has 2 aliphatic rings. The fourth-order valence-corrected chi connectivity index (χ4v) is 2.78. The van der Waals surface area contributed by atoms with Gasteiger partial charge in [-0.2, -0.15) is 5.10 Å². The van der Waals surface area contributed by atoms with Crippen LogP contribution in [0, 0.1) is 0 Å². The summed E-state index contributed by atoms with van der Waals surface area (Å²) in [5.74, 6) is 1.01. The van der Waals surface area contributed by atoms with Crippen molar-refractivity contribution in [1.82, 2.24) is 15.5 Å². The van der Waals surface area contributed by atoms with Crippen LogP contribution in [0.2, 0.25) is 0 Å². The number of fused-ring (bicyclic) bond motifs is 1. The van der Waals surface area contributed by atoms with Crippen molar-refractivity contribution in [3.63, 3.8) is 0 Å². The van der Waals surface area contributed by atoms with Gasteiger partial charge in [0, 0.05) is 37.3 Å². The highest BCUT2D eigenvalue weighted by molar-refractivity contribution is 5.50. The molecule has 92 valence electrons. The van der Waals surface area contributed by atoms with Gasteiger partial charge < -0.3 is 10.2 Å². The Labute approximate surface area is 100 Å². The SMILES string of the molecule is O=c1[nH]nc(N2CCNCC2)c2c1CCCC2. The van der Waals surface area contributed by atoms with E-state index in [-0.39, 0.29) is 5.56 Å². The molecule has 5 nitrogen and oxygen atoms in total. The summed E-state index contributed by atoms with van der Waals surface area (Å²) in [6.07, 6.45) is 4.22. The number of H-pyrrole nitrogens is 1. The molecule has 2 N–H and O–H groups in total. The third kappa shape index (κ3) is 1.95. The minimum Gasteiger partial charge on any atom is -0.352 e. The van der Waals surface area contributed by atoms with Crippen molar-refractivity contribution < 1.29 is 0 Å². The largest absolute Gasteiger partial charge is 0.352 e. The molecule has 2 heterocycles. The van der Waals surface area contributed by atoms with Crippen LogP contribution < -0.4 is 15.8 Å². The molecule has 1 aliphatic carbocycles. The zero-order valence-corrected chi connectivity index (χ0v) is 9.96. The van der Waals surface area contributed by atoms with Gasteiger partial charge in [-0.05, 0) is 25.7 Å². The second-order valence-electron chi connectivity index (χ2n) is 4.78. The highest BCUT2D eigenvalue weighted by atomic mass is 16.1. The monoisotopic (exact) mass is 234 g/mol. The van der Waals surface area contributed by atoms with E-state index in [2.05, 4.69) is 20.4 Å². The van der Waals surface area contributed by atoms with Crippen molar-refractivity contribution in [3.05, 3.63) is 21.5 Å². The van der Waals surface area contributed by atoms with Crippen LogP contribution in [0.15, 0.2) is 4.79 Å². The number of hydrogen-bond donors (Lipinski definition) is 2. The molecule has 0 bridgehead atoms. The first-order chi connectivity index (χ1) is 8.36. The highest BCUT2D eigenvalue weighted by Gasteiger charge is 2.22. The lowest BCUT2D eigenvalue weighted by molar-refractivity contribution is 0.574. The first kappa shape index (κ1) is 10.8. The minimum atomic E-state index is 0.0126. The summed E-state index contributed by atoms with van der Waals surface area (Å²) >= 11 is 0. The Kier molecular flexibility index (Phi) is 2.84. The van der Waals surface area contributed by atoms with E-state index in [1.807, 2.05) is 0 Å². The molecule has 1 aromatic rings. The first-order valence-corrected chi connectivity index (χ1v) is 6.42. The standard InChI is InChI=1S/C12H18N4O/c17-12-10-4-2-1-3-9(10)11(14-15-12)16-7-5-13-6-8-16/h13H,1-8H2,(H,15,17). The average molecular weight is 234 g/mol. The van der Waals surface area contributed by atoms with Crippen LogP contribution in [-0.2, 0) is 12.8 Å². The zero-order chi connectivity index (χ0) is 11.7. The summed E-state index contributed by atoms with van der Waals surface area (Å²) in [6, 6.07) is 0. The quantitative estimate of drug-likeness (QED) is 0.721. The van der Waals surface area contributed by atoms with Crippen molar-refractivity contribution in [3.8, 4) is 0 Å². The van der Waals surface area contributed by atoms with Crippen LogP contribution in [0.4, 0.5) is 5.82 Å². The molecule has 1 aromatic heterocycles. The summed E-state index contributed by atoms with van der Waals surface area (Å²) in [5.41, 5.74) is 2.18. The molecule has 0 amide bonds. The smallest absolute Gasteiger partial charge is 0.267 e. The fraction of sp³-hybridized carbons (Fsp3) is 0.667. The molecule has 1 saturated heterocycles. The van der Waals surface area contributed by atoms with Gasteiger partial charge in [-0.15, -0.1) is 0 Å². The Bertz CT molecular complexity index is 462. The van der Waals surface area contributed by atoms with Crippen molar-refractivity contribution in [2.24, 2.45) is 0 Å². The van der Waals surface area contributed by atoms with Gasteiger partial charge in [-0.1, -0.05) is 0 Å². The van der Waals surface area contributed by atoms with Gasteiger partial charge >= 0.3 is 0 Å². The van der Waals surface area contributed by atoms with Crippen LogP contribution in [0.25, 0.3) is 0 Å². The van der Waals surface area contributed by atoms with Crippen molar-refractivity contribution in [2.45, 2.75) is 25.7 Å². The molecule has 3 rings (SSSR count).